The van der Waals surface area contributed by atoms with E-state index in [0.717, 1.165) is 17.9 Å². The number of hydrogen-bond donors (Lipinski definition) is 1. The summed E-state index contributed by atoms with van der Waals surface area (Å²) >= 11 is 6.23. The first-order chi connectivity index (χ1) is 11.2. The van der Waals surface area contributed by atoms with Crippen molar-refractivity contribution in [2.45, 2.75) is 30.9 Å². The SMILES string of the molecule is COC[C@H]1CN(C(=O)NC2CC(c3ccccc3Cl)C2)CCO1. The quantitative estimate of drug-likeness (QED) is 0.918. The maximum absolute atomic E-state index is 12.4. The van der Waals surface area contributed by atoms with Crippen molar-refractivity contribution in [1.82, 2.24) is 10.2 Å². The second kappa shape index (κ2) is 7.51. The van der Waals surface area contributed by atoms with E-state index in [1.165, 1.54) is 5.56 Å². The number of carbonyl (C=O) groups excluding carboxylic acids is 1. The van der Waals surface area contributed by atoms with Gasteiger partial charge in [-0.2, -0.15) is 0 Å². The number of halogens is 1. The van der Waals surface area contributed by atoms with Crippen molar-refractivity contribution in [2.75, 3.05) is 33.4 Å². The lowest BCUT2D eigenvalue weighted by Gasteiger charge is -2.39. The first-order valence-corrected chi connectivity index (χ1v) is 8.45. The first kappa shape index (κ1) is 16.6. The largest absolute Gasteiger partial charge is 0.382 e. The zero-order valence-electron chi connectivity index (χ0n) is 13.3. The molecule has 1 aliphatic carbocycles. The van der Waals surface area contributed by atoms with Gasteiger partial charge in [-0.05, 0) is 30.4 Å². The van der Waals surface area contributed by atoms with Gasteiger partial charge in [-0.25, -0.2) is 4.79 Å². The van der Waals surface area contributed by atoms with Crippen molar-refractivity contribution < 1.29 is 14.3 Å². The van der Waals surface area contributed by atoms with Gasteiger partial charge in [-0.3, -0.25) is 0 Å². The minimum atomic E-state index is -0.0308. The van der Waals surface area contributed by atoms with E-state index in [0.29, 0.717) is 32.2 Å². The number of amides is 2. The van der Waals surface area contributed by atoms with Crippen molar-refractivity contribution in [3.63, 3.8) is 0 Å². The molecule has 1 aromatic rings. The van der Waals surface area contributed by atoms with Gasteiger partial charge in [0.15, 0.2) is 0 Å². The molecule has 1 saturated heterocycles. The van der Waals surface area contributed by atoms with Crippen LogP contribution in [0.1, 0.15) is 24.3 Å². The van der Waals surface area contributed by atoms with Gasteiger partial charge in [0.05, 0.1) is 25.9 Å². The van der Waals surface area contributed by atoms with Crippen LogP contribution < -0.4 is 5.32 Å². The Kier molecular flexibility index (Phi) is 5.41. The first-order valence-electron chi connectivity index (χ1n) is 8.07. The number of methoxy groups -OCH3 is 1. The van der Waals surface area contributed by atoms with Crippen molar-refractivity contribution in [2.24, 2.45) is 0 Å². The summed E-state index contributed by atoms with van der Waals surface area (Å²) < 4.78 is 10.7. The number of nitrogens with zero attached hydrogens (tertiary/aromatic N) is 1. The number of carbonyl (C=O) groups is 1. The van der Waals surface area contributed by atoms with Gasteiger partial charge in [-0.15, -0.1) is 0 Å². The Morgan fingerprint density at radius 1 is 1.43 bits per heavy atom. The monoisotopic (exact) mass is 338 g/mol. The normalized spacial score (nSPS) is 27.4. The van der Waals surface area contributed by atoms with Gasteiger partial charge in [0.25, 0.3) is 0 Å². The van der Waals surface area contributed by atoms with E-state index < -0.39 is 0 Å². The van der Waals surface area contributed by atoms with E-state index in [-0.39, 0.29) is 18.2 Å². The molecule has 0 bridgehead atoms. The number of hydrogen-bond acceptors (Lipinski definition) is 3. The van der Waals surface area contributed by atoms with Crippen LogP contribution in [0, 0.1) is 0 Å². The molecule has 0 spiro atoms. The molecule has 1 heterocycles. The summed E-state index contributed by atoms with van der Waals surface area (Å²) in [6.45, 7) is 2.29. The van der Waals surface area contributed by atoms with E-state index in [9.17, 15) is 4.79 Å². The third kappa shape index (κ3) is 3.97. The van der Waals surface area contributed by atoms with Gasteiger partial charge in [0, 0.05) is 24.7 Å². The fourth-order valence-electron chi connectivity index (χ4n) is 3.25. The number of benzene rings is 1. The Balaban J connectivity index is 1.46. The van der Waals surface area contributed by atoms with Crippen molar-refractivity contribution >= 4 is 17.6 Å². The van der Waals surface area contributed by atoms with Gasteiger partial charge >= 0.3 is 6.03 Å². The molecule has 2 aliphatic rings. The molecule has 1 aliphatic heterocycles. The van der Waals surface area contributed by atoms with Crippen LogP contribution in [0.3, 0.4) is 0 Å². The Morgan fingerprint density at radius 2 is 2.22 bits per heavy atom. The van der Waals surface area contributed by atoms with Crippen molar-refractivity contribution in [3.8, 4) is 0 Å². The third-order valence-electron chi connectivity index (χ3n) is 4.59. The van der Waals surface area contributed by atoms with Crippen molar-refractivity contribution in [1.29, 1.82) is 0 Å². The van der Waals surface area contributed by atoms with E-state index in [4.69, 9.17) is 21.1 Å². The molecule has 1 saturated carbocycles. The minimum absolute atomic E-state index is 0.00277. The molecule has 1 aromatic carbocycles. The molecular formula is C17H23ClN2O3. The van der Waals surface area contributed by atoms with Gasteiger partial charge in [0.1, 0.15) is 0 Å². The van der Waals surface area contributed by atoms with Crippen molar-refractivity contribution in [3.05, 3.63) is 34.9 Å². The molecule has 2 fully saturated rings. The van der Waals surface area contributed by atoms with E-state index in [2.05, 4.69) is 11.4 Å². The highest BCUT2D eigenvalue weighted by Crippen LogP contribution is 2.39. The zero-order valence-corrected chi connectivity index (χ0v) is 14.1. The van der Waals surface area contributed by atoms with Crippen LogP contribution in [-0.2, 0) is 9.47 Å². The van der Waals surface area contributed by atoms with E-state index >= 15 is 0 Å². The number of nitrogens with one attached hydrogen (secondary N) is 1. The summed E-state index contributed by atoms with van der Waals surface area (Å²) in [4.78, 5) is 14.2. The predicted molar refractivity (Wildman–Crippen MR) is 88.9 cm³/mol. The van der Waals surface area contributed by atoms with Gasteiger partial charge in [0.2, 0.25) is 0 Å². The smallest absolute Gasteiger partial charge is 0.317 e. The van der Waals surface area contributed by atoms with Crippen LogP contribution >= 0.6 is 11.6 Å². The van der Waals surface area contributed by atoms with Crippen LogP contribution in [0.5, 0.6) is 0 Å². The maximum Gasteiger partial charge on any atom is 0.317 e. The zero-order chi connectivity index (χ0) is 16.2. The number of rotatable bonds is 4. The standard InChI is InChI=1S/C17H23ClN2O3/c1-22-11-14-10-20(6-7-23-14)17(21)19-13-8-12(9-13)15-4-2-3-5-16(15)18/h2-5,12-14H,6-11H2,1H3,(H,19,21)/t12?,13?,14-/m1/s1. The second-order valence-corrected chi connectivity index (χ2v) is 6.64. The molecule has 2 amide bonds. The molecule has 0 unspecified atom stereocenters. The Bertz CT molecular complexity index is 546. The van der Waals surface area contributed by atoms with Gasteiger partial charge < -0.3 is 19.7 Å². The molecule has 1 N–H and O–H groups in total. The van der Waals surface area contributed by atoms with E-state index in [1.54, 1.807) is 7.11 Å². The number of ether oxygens (including phenoxy) is 2. The second-order valence-electron chi connectivity index (χ2n) is 6.23. The predicted octanol–water partition coefficient (Wildman–Crippen LogP) is 2.64. The minimum Gasteiger partial charge on any atom is -0.382 e. The summed E-state index contributed by atoms with van der Waals surface area (Å²) in [6, 6.07) is 8.18. The van der Waals surface area contributed by atoms with Crippen LogP contribution in [0.4, 0.5) is 4.79 Å². The van der Waals surface area contributed by atoms with Crippen LogP contribution in [-0.4, -0.2) is 56.5 Å². The van der Waals surface area contributed by atoms with Crippen LogP contribution in [0.2, 0.25) is 5.02 Å². The molecule has 3 rings (SSSR count). The average molecular weight is 339 g/mol. The highest BCUT2D eigenvalue weighted by atomic mass is 35.5. The van der Waals surface area contributed by atoms with Gasteiger partial charge in [-0.1, -0.05) is 29.8 Å². The summed E-state index contributed by atoms with van der Waals surface area (Å²) in [5.74, 6) is 0.444. The fourth-order valence-corrected chi connectivity index (χ4v) is 3.54. The lowest BCUT2D eigenvalue weighted by Crippen LogP contribution is -2.54. The topological polar surface area (TPSA) is 50.8 Å². The lowest BCUT2D eigenvalue weighted by atomic mass is 9.76. The van der Waals surface area contributed by atoms with Crippen LogP contribution in [0.15, 0.2) is 24.3 Å². The molecule has 126 valence electrons. The number of morpholine rings is 1. The Morgan fingerprint density at radius 3 is 2.96 bits per heavy atom. The highest BCUT2D eigenvalue weighted by molar-refractivity contribution is 6.31. The Hall–Kier alpha value is -1.30. The van der Waals surface area contributed by atoms with Crippen LogP contribution in [0.25, 0.3) is 0 Å². The maximum atomic E-state index is 12.4. The summed E-state index contributed by atoms with van der Waals surface area (Å²) in [7, 11) is 1.64. The third-order valence-corrected chi connectivity index (χ3v) is 4.93. The molecule has 1 atom stereocenters. The average Bonchev–Trinajstić information content (AvgIpc) is 2.52. The summed E-state index contributed by atoms with van der Waals surface area (Å²) in [6.07, 6.45) is 1.86. The Labute approximate surface area is 141 Å². The molecule has 0 radical (unpaired) electrons. The molecular weight excluding hydrogens is 316 g/mol. The number of urea groups is 1. The summed E-state index contributed by atoms with van der Waals surface area (Å²) in [5.41, 5.74) is 1.19. The molecule has 5 nitrogen and oxygen atoms in total. The fraction of sp³-hybridized carbons (Fsp3) is 0.588. The molecule has 0 aromatic heterocycles. The molecule has 6 heteroatoms. The summed E-state index contributed by atoms with van der Waals surface area (Å²) in [5, 5.41) is 3.93. The molecule has 23 heavy (non-hydrogen) atoms. The highest BCUT2D eigenvalue weighted by Gasteiger charge is 2.34. The lowest BCUT2D eigenvalue weighted by molar-refractivity contribution is -0.0498. The van der Waals surface area contributed by atoms with E-state index in [1.807, 2.05) is 23.1 Å².